The lowest BCUT2D eigenvalue weighted by molar-refractivity contribution is -0.120. The normalized spacial score (nSPS) is 10.1. The molecule has 0 fully saturated rings. The van der Waals surface area contributed by atoms with Crippen molar-refractivity contribution in [1.82, 2.24) is 20.6 Å². The molecule has 0 unspecified atom stereocenters. The van der Waals surface area contributed by atoms with Gasteiger partial charge < -0.3 is 10.6 Å². The first-order chi connectivity index (χ1) is 10.5. The smallest absolute Gasteiger partial charge is 0.217 e. The van der Waals surface area contributed by atoms with Crippen LogP contribution in [0.4, 0.5) is 0 Å². The Bertz CT molecular complexity index is 626. The van der Waals surface area contributed by atoms with Crippen LogP contribution in [0.1, 0.15) is 25.0 Å². The van der Waals surface area contributed by atoms with Crippen LogP contribution in [0.5, 0.6) is 0 Å². The number of rotatable bonds is 5. The fourth-order valence-corrected chi connectivity index (χ4v) is 1.90. The molecule has 6 heteroatoms. The van der Waals surface area contributed by atoms with Crippen molar-refractivity contribution in [2.45, 2.75) is 26.9 Å². The molecule has 0 aliphatic carbocycles. The van der Waals surface area contributed by atoms with E-state index in [1.807, 2.05) is 24.3 Å². The Kier molecular flexibility index (Phi) is 5.19. The standard InChI is InChI=1S/C16H18N4O2/c1-11(21)19-9-13-3-5-17-15(7-13)16-8-14(4-6-18-16)10-20-12(2)22/h3-8H,9-10H2,1-2H3,(H,19,21)(H,20,22). The van der Waals surface area contributed by atoms with E-state index in [1.165, 1.54) is 13.8 Å². The van der Waals surface area contributed by atoms with Crippen LogP contribution >= 0.6 is 0 Å². The second-order valence-electron chi connectivity index (χ2n) is 4.92. The zero-order chi connectivity index (χ0) is 15.9. The maximum absolute atomic E-state index is 11.0. The summed E-state index contributed by atoms with van der Waals surface area (Å²) in [5.41, 5.74) is 3.36. The van der Waals surface area contributed by atoms with Crippen LogP contribution in [0.2, 0.25) is 0 Å². The van der Waals surface area contributed by atoms with Crippen molar-refractivity contribution in [3.8, 4) is 11.4 Å². The molecule has 0 atom stereocenters. The predicted octanol–water partition coefficient (Wildman–Crippen LogP) is 1.42. The third kappa shape index (κ3) is 4.66. The molecule has 0 radical (unpaired) electrons. The summed E-state index contributed by atoms with van der Waals surface area (Å²) in [5, 5.41) is 5.50. The first-order valence-electron chi connectivity index (χ1n) is 6.93. The monoisotopic (exact) mass is 298 g/mol. The second kappa shape index (κ2) is 7.31. The van der Waals surface area contributed by atoms with Crippen LogP contribution in [0, 0.1) is 0 Å². The average molecular weight is 298 g/mol. The molecule has 0 spiro atoms. The number of nitrogens with one attached hydrogen (secondary N) is 2. The number of carbonyl (C=O) groups excluding carboxylic acids is 2. The van der Waals surface area contributed by atoms with Gasteiger partial charge in [0.05, 0.1) is 11.4 Å². The Balaban J connectivity index is 2.16. The molecule has 0 bridgehead atoms. The van der Waals surface area contributed by atoms with Crippen molar-refractivity contribution >= 4 is 11.8 Å². The number of aromatic nitrogens is 2. The minimum atomic E-state index is -0.0752. The summed E-state index contributed by atoms with van der Waals surface area (Å²) in [7, 11) is 0. The maximum Gasteiger partial charge on any atom is 0.217 e. The molecule has 0 saturated heterocycles. The van der Waals surface area contributed by atoms with E-state index in [-0.39, 0.29) is 11.8 Å². The van der Waals surface area contributed by atoms with Gasteiger partial charge >= 0.3 is 0 Å². The Morgan fingerprint density at radius 1 is 0.864 bits per heavy atom. The lowest BCUT2D eigenvalue weighted by atomic mass is 10.1. The largest absolute Gasteiger partial charge is 0.352 e. The van der Waals surface area contributed by atoms with Crippen LogP contribution in [0.25, 0.3) is 11.4 Å². The van der Waals surface area contributed by atoms with Crippen LogP contribution in [0.15, 0.2) is 36.7 Å². The van der Waals surface area contributed by atoms with Gasteiger partial charge in [0.2, 0.25) is 11.8 Å². The van der Waals surface area contributed by atoms with Gasteiger partial charge in [0.1, 0.15) is 0 Å². The highest BCUT2D eigenvalue weighted by Crippen LogP contribution is 2.16. The Morgan fingerprint density at radius 2 is 1.27 bits per heavy atom. The fraction of sp³-hybridized carbons (Fsp3) is 0.250. The molecule has 6 nitrogen and oxygen atoms in total. The van der Waals surface area contributed by atoms with Crippen LogP contribution < -0.4 is 10.6 Å². The molecular weight excluding hydrogens is 280 g/mol. The summed E-state index contributed by atoms with van der Waals surface area (Å²) in [6, 6.07) is 7.47. The third-order valence-electron chi connectivity index (χ3n) is 2.99. The summed E-state index contributed by atoms with van der Waals surface area (Å²) in [6.45, 7) is 3.87. The molecule has 2 amide bonds. The Hall–Kier alpha value is -2.76. The summed E-state index contributed by atoms with van der Waals surface area (Å²) in [5.74, 6) is -0.150. The lowest BCUT2D eigenvalue weighted by Crippen LogP contribution is -2.19. The average Bonchev–Trinajstić information content (AvgIpc) is 2.51. The molecule has 2 heterocycles. The van der Waals surface area contributed by atoms with Gasteiger partial charge in [0.15, 0.2) is 0 Å². The number of pyridine rings is 2. The SMILES string of the molecule is CC(=O)NCc1ccnc(-c2cc(CNC(C)=O)ccn2)c1. The van der Waals surface area contributed by atoms with Crippen LogP contribution in [-0.4, -0.2) is 21.8 Å². The zero-order valence-electron chi connectivity index (χ0n) is 12.6. The van der Waals surface area contributed by atoms with Crippen molar-refractivity contribution in [2.24, 2.45) is 0 Å². The number of nitrogens with zero attached hydrogens (tertiary/aromatic N) is 2. The van der Waals surface area contributed by atoms with Crippen molar-refractivity contribution in [1.29, 1.82) is 0 Å². The molecule has 2 rings (SSSR count). The van der Waals surface area contributed by atoms with Gasteiger partial charge in [-0.2, -0.15) is 0 Å². The summed E-state index contributed by atoms with van der Waals surface area (Å²) < 4.78 is 0. The van der Waals surface area contributed by atoms with E-state index in [0.717, 1.165) is 22.5 Å². The van der Waals surface area contributed by atoms with Crippen molar-refractivity contribution in [3.05, 3.63) is 47.8 Å². The van der Waals surface area contributed by atoms with Gasteiger partial charge in [-0.3, -0.25) is 19.6 Å². The van der Waals surface area contributed by atoms with E-state index in [0.29, 0.717) is 13.1 Å². The number of hydrogen-bond donors (Lipinski definition) is 2. The first-order valence-corrected chi connectivity index (χ1v) is 6.93. The van der Waals surface area contributed by atoms with E-state index in [9.17, 15) is 9.59 Å². The lowest BCUT2D eigenvalue weighted by Gasteiger charge is -2.07. The molecule has 2 aromatic heterocycles. The van der Waals surface area contributed by atoms with E-state index in [1.54, 1.807) is 12.4 Å². The van der Waals surface area contributed by atoms with E-state index < -0.39 is 0 Å². The molecular formula is C16H18N4O2. The second-order valence-corrected chi connectivity index (χ2v) is 4.92. The predicted molar refractivity (Wildman–Crippen MR) is 82.5 cm³/mol. The highest BCUT2D eigenvalue weighted by atomic mass is 16.1. The van der Waals surface area contributed by atoms with Crippen LogP contribution in [-0.2, 0) is 22.7 Å². The Labute approximate surface area is 129 Å². The van der Waals surface area contributed by atoms with Gasteiger partial charge in [0, 0.05) is 39.3 Å². The molecule has 2 aromatic rings. The summed E-state index contributed by atoms with van der Waals surface area (Å²) in [4.78, 5) is 30.6. The molecule has 2 N–H and O–H groups in total. The number of hydrogen-bond acceptors (Lipinski definition) is 4. The summed E-state index contributed by atoms with van der Waals surface area (Å²) >= 11 is 0. The van der Waals surface area contributed by atoms with E-state index >= 15 is 0 Å². The zero-order valence-corrected chi connectivity index (χ0v) is 12.6. The molecule has 0 aromatic carbocycles. The van der Waals surface area contributed by atoms with Gasteiger partial charge in [0.25, 0.3) is 0 Å². The highest BCUT2D eigenvalue weighted by molar-refractivity contribution is 5.73. The van der Waals surface area contributed by atoms with E-state index in [4.69, 9.17) is 0 Å². The first kappa shape index (κ1) is 15.6. The topological polar surface area (TPSA) is 84.0 Å². The van der Waals surface area contributed by atoms with Crippen molar-refractivity contribution < 1.29 is 9.59 Å². The molecule has 0 saturated carbocycles. The molecule has 0 aliphatic rings. The molecule has 22 heavy (non-hydrogen) atoms. The fourth-order valence-electron chi connectivity index (χ4n) is 1.90. The van der Waals surface area contributed by atoms with Crippen LogP contribution in [0.3, 0.4) is 0 Å². The van der Waals surface area contributed by atoms with Crippen molar-refractivity contribution in [3.63, 3.8) is 0 Å². The maximum atomic E-state index is 11.0. The van der Waals surface area contributed by atoms with Crippen molar-refractivity contribution in [2.75, 3.05) is 0 Å². The quantitative estimate of drug-likeness (QED) is 0.874. The summed E-state index contributed by atoms with van der Waals surface area (Å²) in [6.07, 6.45) is 3.38. The van der Waals surface area contributed by atoms with E-state index in [2.05, 4.69) is 20.6 Å². The van der Waals surface area contributed by atoms with Gasteiger partial charge in [-0.05, 0) is 35.4 Å². The molecule has 114 valence electrons. The minimum Gasteiger partial charge on any atom is -0.352 e. The highest BCUT2D eigenvalue weighted by Gasteiger charge is 2.05. The third-order valence-corrected chi connectivity index (χ3v) is 2.99. The minimum absolute atomic E-state index is 0.0752. The number of amides is 2. The Morgan fingerprint density at radius 3 is 1.64 bits per heavy atom. The van der Waals surface area contributed by atoms with Gasteiger partial charge in [-0.25, -0.2) is 0 Å². The molecule has 0 aliphatic heterocycles. The van der Waals surface area contributed by atoms with Gasteiger partial charge in [-0.15, -0.1) is 0 Å². The number of carbonyl (C=O) groups is 2. The van der Waals surface area contributed by atoms with Gasteiger partial charge in [-0.1, -0.05) is 0 Å².